The highest BCUT2D eigenvalue weighted by molar-refractivity contribution is 6.13. The zero-order valence-electron chi connectivity index (χ0n) is 27.4. The third-order valence-electron chi connectivity index (χ3n) is 8.90. The Bertz CT molecular complexity index is 2110. The van der Waals surface area contributed by atoms with E-state index in [0.29, 0.717) is 16.8 Å². The van der Waals surface area contributed by atoms with E-state index in [1.165, 1.54) is 28.0 Å². The van der Waals surface area contributed by atoms with Gasteiger partial charge in [0.15, 0.2) is 0 Å². The van der Waals surface area contributed by atoms with Crippen molar-refractivity contribution < 1.29 is 12.6 Å². The molecule has 0 N–H and O–H groups in total. The van der Waals surface area contributed by atoms with Crippen molar-refractivity contribution >= 4 is 32.7 Å². The highest BCUT2D eigenvalue weighted by Crippen LogP contribution is 2.55. The van der Waals surface area contributed by atoms with E-state index in [2.05, 4.69) is 69.1 Å². The monoisotopic (exact) mass is 487 g/mol. The van der Waals surface area contributed by atoms with Crippen LogP contribution in [0.3, 0.4) is 0 Å². The van der Waals surface area contributed by atoms with Crippen molar-refractivity contribution in [2.24, 2.45) is 0 Å². The van der Waals surface area contributed by atoms with E-state index in [0.717, 1.165) is 33.7 Å². The van der Waals surface area contributed by atoms with Gasteiger partial charge in [-0.05, 0) is 87.4 Å². The van der Waals surface area contributed by atoms with Gasteiger partial charge in [0.1, 0.15) is 11.2 Å². The van der Waals surface area contributed by atoms with Crippen molar-refractivity contribution in [1.82, 2.24) is 4.98 Å². The molecule has 0 amide bonds. The predicted molar refractivity (Wildman–Crippen MR) is 155 cm³/mol. The summed E-state index contributed by atoms with van der Waals surface area (Å²) in [6.07, 6.45) is 1.16. The summed E-state index contributed by atoms with van der Waals surface area (Å²) in [5.41, 5.74) is 6.39. The number of fused-ring (bicyclic) bond motifs is 3. The predicted octanol–water partition coefficient (Wildman–Crippen LogP) is 9.65. The summed E-state index contributed by atoms with van der Waals surface area (Å²) in [7, 11) is 0. The number of aromatic nitrogens is 1. The van der Waals surface area contributed by atoms with Crippen LogP contribution in [0, 0.1) is 13.7 Å². The number of hydrogen-bond donors (Lipinski definition) is 0. The molecule has 2 nitrogen and oxygen atoms in total. The van der Waals surface area contributed by atoms with E-state index >= 15 is 0 Å². The van der Waals surface area contributed by atoms with Crippen LogP contribution in [-0.2, 0) is 10.8 Å². The standard InChI is InChI=1S/C35H31NO/c1-20-16-30(36-19-21(20)2)27-14-9-13-26-25-12-8-11-24(32(25)37-33(26)27)23-17-22-10-7-15-28-31(22)29(18-23)35(5,6)34(28,3)4/h7-19H,1-6H3/i1D3,2D3. The summed E-state index contributed by atoms with van der Waals surface area (Å²) in [5, 5.41) is 4.35. The van der Waals surface area contributed by atoms with E-state index in [1.54, 1.807) is 0 Å². The SMILES string of the molecule is [2H]C([2H])([2H])c1cnc(-c2cccc3c2oc2c(-c4cc5c6c(cccc6c4)C(C)(C)C5(C)C)cccc23)cc1C([2H])([2H])[2H]. The summed E-state index contributed by atoms with van der Waals surface area (Å²) in [5.74, 6) is 0. The zero-order chi connectivity index (χ0) is 30.7. The van der Waals surface area contributed by atoms with Gasteiger partial charge in [-0.3, -0.25) is 4.98 Å². The van der Waals surface area contributed by atoms with Crippen LogP contribution in [0.5, 0.6) is 0 Å². The van der Waals surface area contributed by atoms with E-state index in [9.17, 15) is 0 Å². The molecule has 1 aliphatic rings. The highest BCUT2D eigenvalue weighted by atomic mass is 16.3. The highest BCUT2D eigenvalue weighted by Gasteiger charge is 2.47. The lowest BCUT2D eigenvalue weighted by atomic mass is 9.66. The molecule has 0 unspecified atom stereocenters. The van der Waals surface area contributed by atoms with Crippen LogP contribution in [0.4, 0.5) is 0 Å². The molecule has 0 saturated carbocycles. The van der Waals surface area contributed by atoms with Crippen molar-refractivity contribution in [3.8, 4) is 22.4 Å². The van der Waals surface area contributed by atoms with Gasteiger partial charge in [-0.25, -0.2) is 0 Å². The molecule has 2 heterocycles. The van der Waals surface area contributed by atoms with Gasteiger partial charge < -0.3 is 4.42 Å². The van der Waals surface area contributed by atoms with Gasteiger partial charge in [0.25, 0.3) is 0 Å². The van der Waals surface area contributed by atoms with Gasteiger partial charge in [0.05, 0.1) is 5.69 Å². The average Bonchev–Trinajstić information content (AvgIpc) is 3.40. The van der Waals surface area contributed by atoms with Crippen molar-refractivity contribution in [3.63, 3.8) is 0 Å². The Morgan fingerprint density at radius 3 is 2.14 bits per heavy atom. The molecule has 4 aromatic carbocycles. The van der Waals surface area contributed by atoms with Gasteiger partial charge in [-0.1, -0.05) is 76.2 Å². The molecule has 7 rings (SSSR count). The summed E-state index contributed by atoms with van der Waals surface area (Å²) >= 11 is 0. The Kier molecular flexibility index (Phi) is 3.32. The topological polar surface area (TPSA) is 26.0 Å². The van der Waals surface area contributed by atoms with Crippen molar-refractivity contribution in [3.05, 3.63) is 101 Å². The zero-order valence-corrected chi connectivity index (χ0v) is 21.4. The van der Waals surface area contributed by atoms with Gasteiger partial charge in [0.2, 0.25) is 0 Å². The minimum absolute atomic E-state index is 0.0244. The van der Waals surface area contributed by atoms with E-state index < -0.39 is 13.7 Å². The molecule has 0 saturated heterocycles. The van der Waals surface area contributed by atoms with Gasteiger partial charge in [0, 0.05) is 36.3 Å². The van der Waals surface area contributed by atoms with Crippen LogP contribution >= 0.6 is 0 Å². The molecule has 0 spiro atoms. The first-order valence-corrected chi connectivity index (χ1v) is 12.6. The fraction of sp³-hybridized carbons (Fsp3) is 0.229. The number of para-hydroxylation sites is 2. The van der Waals surface area contributed by atoms with Crippen LogP contribution in [0.25, 0.3) is 55.1 Å². The van der Waals surface area contributed by atoms with Crippen LogP contribution in [0.1, 0.15) is 58.2 Å². The third kappa shape index (κ3) is 2.90. The lowest BCUT2D eigenvalue weighted by molar-refractivity contribution is 0.322. The number of hydrogen-bond acceptors (Lipinski definition) is 2. The van der Waals surface area contributed by atoms with Crippen LogP contribution in [0.2, 0.25) is 0 Å². The molecule has 0 radical (unpaired) electrons. The Morgan fingerprint density at radius 1 is 0.703 bits per heavy atom. The summed E-state index contributed by atoms with van der Waals surface area (Å²) in [6, 6.07) is 24.3. The Morgan fingerprint density at radius 2 is 1.38 bits per heavy atom. The third-order valence-corrected chi connectivity index (χ3v) is 8.90. The largest absolute Gasteiger partial charge is 0.455 e. The molecule has 2 heteroatoms. The van der Waals surface area contributed by atoms with Crippen LogP contribution in [0.15, 0.2) is 83.4 Å². The molecular formula is C35H31NO. The van der Waals surface area contributed by atoms with Crippen molar-refractivity contribution in [2.75, 3.05) is 0 Å². The van der Waals surface area contributed by atoms with Crippen molar-refractivity contribution in [2.45, 2.75) is 52.2 Å². The van der Waals surface area contributed by atoms with Gasteiger partial charge in [-0.15, -0.1) is 0 Å². The molecule has 0 bridgehead atoms. The number of aryl methyl sites for hydroxylation is 2. The molecule has 0 aliphatic heterocycles. The van der Waals surface area contributed by atoms with Gasteiger partial charge >= 0.3 is 0 Å². The molecule has 1 aliphatic carbocycles. The first-order valence-electron chi connectivity index (χ1n) is 15.6. The van der Waals surface area contributed by atoms with Crippen LogP contribution in [-0.4, -0.2) is 4.98 Å². The normalized spacial score (nSPS) is 18.8. The number of benzene rings is 4. The van der Waals surface area contributed by atoms with E-state index in [1.807, 2.05) is 30.3 Å². The Balaban J connectivity index is 1.46. The number of rotatable bonds is 2. The maximum Gasteiger partial charge on any atom is 0.144 e. The summed E-state index contributed by atoms with van der Waals surface area (Å²) in [6.45, 7) is 4.06. The summed E-state index contributed by atoms with van der Waals surface area (Å²) in [4.78, 5) is 4.41. The fourth-order valence-corrected chi connectivity index (χ4v) is 6.12. The Labute approximate surface area is 226 Å². The molecule has 37 heavy (non-hydrogen) atoms. The quantitative estimate of drug-likeness (QED) is 0.243. The second kappa shape index (κ2) is 7.32. The first-order chi connectivity index (χ1) is 20.1. The number of nitrogens with zero attached hydrogens (tertiary/aromatic N) is 1. The maximum atomic E-state index is 8.01. The Hall–Kier alpha value is -3.91. The lowest BCUT2D eigenvalue weighted by Gasteiger charge is -2.37. The number of pyridine rings is 1. The maximum absolute atomic E-state index is 8.01. The molecular weight excluding hydrogens is 450 g/mol. The lowest BCUT2D eigenvalue weighted by Crippen LogP contribution is -2.35. The molecule has 6 aromatic rings. The number of furan rings is 1. The van der Waals surface area contributed by atoms with Gasteiger partial charge in [-0.2, -0.15) is 0 Å². The van der Waals surface area contributed by atoms with E-state index in [-0.39, 0.29) is 22.0 Å². The minimum Gasteiger partial charge on any atom is -0.455 e. The first kappa shape index (κ1) is 16.8. The van der Waals surface area contributed by atoms with E-state index in [4.69, 9.17) is 12.6 Å². The average molecular weight is 488 g/mol. The smallest absolute Gasteiger partial charge is 0.144 e. The second-order valence-electron chi connectivity index (χ2n) is 11.3. The van der Waals surface area contributed by atoms with Crippen molar-refractivity contribution in [1.29, 1.82) is 0 Å². The molecule has 0 atom stereocenters. The second-order valence-corrected chi connectivity index (χ2v) is 11.3. The molecule has 2 aromatic heterocycles. The minimum atomic E-state index is -2.62. The fourth-order valence-electron chi connectivity index (χ4n) is 6.12. The molecule has 0 fully saturated rings. The molecule has 182 valence electrons. The van der Waals surface area contributed by atoms with Crippen LogP contribution < -0.4 is 0 Å². The summed E-state index contributed by atoms with van der Waals surface area (Å²) < 4.78 is 54.2.